The molecule has 0 saturated carbocycles. The molecule has 1 N–H and O–H groups in total. The van der Waals surface area contributed by atoms with E-state index in [-0.39, 0.29) is 17.2 Å². The van der Waals surface area contributed by atoms with Crippen molar-refractivity contribution in [3.8, 4) is 10.6 Å². The van der Waals surface area contributed by atoms with Gasteiger partial charge in [-0.1, -0.05) is 35.1 Å². The summed E-state index contributed by atoms with van der Waals surface area (Å²) in [6, 6.07) is 12.1. The summed E-state index contributed by atoms with van der Waals surface area (Å²) in [7, 11) is -3.29. The molecule has 2 aromatic carbocycles. The topological polar surface area (TPSA) is 89.0 Å². The van der Waals surface area contributed by atoms with Crippen LogP contribution in [0, 0.1) is 0 Å². The highest BCUT2D eigenvalue weighted by atomic mass is 35.5. The molecule has 0 aliphatic heterocycles. The number of carbonyl (C=O) groups is 1. The number of sulfone groups is 1. The molecule has 29 heavy (non-hydrogen) atoms. The van der Waals surface area contributed by atoms with Crippen molar-refractivity contribution in [2.45, 2.75) is 11.3 Å². The number of aromatic nitrogens is 2. The van der Waals surface area contributed by atoms with Crippen molar-refractivity contribution < 1.29 is 13.2 Å². The number of rotatable bonds is 5. The van der Waals surface area contributed by atoms with Gasteiger partial charge in [-0.2, -0.15) is 0 Å². The maximum atomic E-state index is 12.4. The Kier molecular flexibility index (Phi) is 5.39. The molecule has 0 unspecified atom stereocenters. The van der Waals surface area contributed by atoms with Crippen LogP contribution in [0.2, 0.25) is 5.02 Å². The van der Waals surface area contributed by atoms with Gasteiger partial charge in [0.1, 0.15) is 5.01 Å². The highest BCUT2D eigenvalue weighted by Crippen LogP contribution is 2.29. The number of halogens is 1. The van der Waals surface area contributed by atoms with Gasteiger partial charge >= 0.3 is 0 Å². The van der Waals surface area contributed by atoms with E-state index in [9.17, 15) is 13.2 Å². The van der Waals surface area contributed by atoms with E-state index in [1.165, 1.54) is 28.7 Å². The number of carbonyl (C=O) groups excluding carboxylic acids is 1. The first-order valence-corrected chi connectivity index (χ1v) is 12.4. The maximum Gasteiger partial charge on any atom is 0.232 e. The molecular weight excluding hydrogens is 450 g/mol. The Labute approximate surface area is 180 Å². The van der Waals surface area contributed by atoms with Crippen LogP contribution in [0.1, 0.15) is 5.69 Å². The molecule has 0 bridgehead atoms. The van der Waals surface area contributed by atoms with Gasteiger partial charge in [0, 0.05) is 22.2 Å². The fourth-order valence-corrected chi connectivity index (χ4v) is 5.23. The standard InChI is InChI=1S/C19H14ClN3O3S3/c1-29(25,26)14-6-7-15-16(9-14)28-19(22-15)23-17(24)8-13-10-27-18(21-13)11-2-4-12(20)5-3-11/h2-7,9-10H,8H2,1H3,(H,22,23,24). The third-order valence-corrected chi connectivity index (χ3v) is 7.25. The van der Waals surface area contributed by atoms with Crippen LogP contribution in [0.5, 0.6) is 0 Å². The summed E-state index contributed by atoms with van der Waals surface area (Å²) >= 11 is 8.60. The highest BCUT2D eigenvalue weighted by molar-refractivity contribution is 7.90. The number of hydrogen-bond acceptors (Lipinski definition) is 7. The van der Waals surface area contributed by atoms with E-state index >= 15 is 0 Å². The van der Waals surface area contributed by atoms with Crippen LogP contribution in [-0.4, -0.2) is 30.5 Å². The van der Waals surface area contributed by atoms with Gasteiger partial charge in [-0.25, -0.2) is 18.4 Å². The number of fused-ring (bicyclic) bond motifs is 1. The molecule has 6 nitrogen and oxygen atoms in total. The zero-order chi connectivity index (χ0) is 20.6. The Hall–Kier alpha value is -2.33. The van der Waals surface area contributed by atoms with Gasteiger partial charge in [0.25, 0.3) is 0 Å². The third-order valence-electron chi connectivity index (χ3n) is 4.02. The second-order valence-corrected chi connectivity index (χ2v) is 10.6. The Morgan fingerprint density at radius 3 is 2.62 bits per heavy atom. The predicted octanol–water partition coefficient (Wildman–Crippen LogP) is 4.66. The fraction of sp³-hybridized carbons (Fsp3) is 0.105. The van der Waals surface area contributed by atoms with E-state index in [1.807, 2.05) is 17.5 Å². The molecule has 0 spiro atoms. The smallest absolute Gasteiger partial charge is 0.232 e. The number of thiazole rings is 2. The Balaban J connectivity index is 1.46. The van der Waals surface area contributed by atoms with Crippen LogP contribution < -0.4 is 5.32 Å². The Bertz CT molecular complexity index is 1310. The minimum Gasteiger partial charge on any atom is -0.302 e. The molecule has 148 valence electrons. The van der Waals surface area contributed by atoms with Crippen molar-refractivity contribution in [3.63, 3.8) is 0 Å². The van der Waals surface area contributed by atoms with Crippen LogP contribution in [0.25, 0.3) is 20.8 Å². The lowest BCUT2D eigenvalue weighted by Crippen LogP contribution is -2.14. The number of nitrogens with zero attached hydrogens (tertiary/aromatic N) is 2. The van der Waals surface area contributed by atoms with Crippen molar-refractivity contribution in [1.82, 2.24) is 9.97 Å². The minimum atomic E-state index is -3.29. The second kappa shape index (κ2) is 7.83. The molecule has 4 aromatic rings. The average Bonchev–Trinajstić information content (AvgIpc) is 3.27. The molecule has 10 heteroatoms. The van der Waals surface area contributed by atoms with Crippen LogP contribution in [-0.2, 0) is 21.1 Å². The Morgan fingerprint density at radius 1 is 1.14 bits per heavy atom. The summed E-state index contributed by atoms with van der Waals surface area (Å²) in [5.74, 6) is -0.236. The summed E-state index contributed by atoms with van der Waals surface area (Å²) in [5.41, 5.74) is 2.24. The molecule has 0 fully saturated rings. The molecular formula is C19H14ClN3O3S3. The monoisotopic (exact) mass is 463 g/mol. The van der Waals surface area contributed by atoms with E-state index in [4.69, 9.17) is 11.6 Å². The van der Waals surface area contributed by atoms with Crippen molar-refractivity contribution in [1.29, 1.82) is 0 Å². The molecule has 0 aliphatic carbocycles. The van der Waals surface area contributed by atoms with E-state index < -0.39 is 9.84 Å². The lowest BCUT2D eigenvalue weighted by molar-refractivity contribution is -0.115. The van der Waals surface area contributed by atoms with E-state index in [0.717, 1.165) is 16.8 Å². The quantitative estimate of drug-likeness (QED) is 0.465. The number of nitrogens with one attached hydrogen (secondary N) is 1. The van der Waals surface area contributed by atoms with Gasteiger partial charge in [0.05, 0.1) is 27.2 Å². The zero-order valence-electron chi connectivity index (χ0n) is 15.0. The first-order valence-electron chi connectivity index (χ1n) is 8.39. The highest BCUT2D eigenvalue weighted by Gasteiger charge is 2.14. The molecule has 1 amide bonds. The van der Waals surface area contributed by atoms with Crippen molar-refractivity contribution in [2.75, 3.05) is 11.6 Å². The normalized spacial score (nSPS) is 11.7. The van der Waals surface area contributed by atoms with Crippen LogP contribution in [0.4, 0.5) is 5.13 Å². The van der Waals surface area contributed by atoms with Gasteiger partial charge in [-0.3, -0.25) is 4.79 Å². The van der Waals surface area contributed by atoms with Gasteiger partial charge in [-0.05, 0) is 30.3 Å². The number of anilines is 1. The van der Waals surface area contributed by atoms with Crippen LogP contribution >= 0.6 is 34.3 Å². The predicted molar refractivity (Wildman–Crippen MR) is 118 cm³/mol. The summed E-state index contributed by atoms with van der Waals surface area (Å²) in [6.07, 6.45) is 1.28. The summed E-state index contributed by atoms with van der Waals surface area (Å²) in [4.78, 5) is 21.5. The lowest BCUT2D eigenvalue weighted by atomic mass is 10.2. The molecule has 2 heterocycles. The maximum absolute atomic E-state index is 12.4. The summed E-state index contributed by atoms with van der Waals surface area (Å²) in [5, 5.41) is 6.50. The van der Waals surface area contributed by atoms with Crippen molar-refractivity contribution in [2.24, 2.45) is 0 Å². The van der Waals surface area contributed by atoms with Crippen LogP contribution in [0.15, 0.2) is 52.7 Å². The summed E-state index contributed by atoms with van der Waals surface area (Å²) in [6.45, 7) is 0. The lowest BCUT2D eigenvalue weighted by Gasteiger charge is -1.99. The molecule has 0 atom stereocenters. The molecule has 0 radical (unpaired) electrons. The molecule has 0 saturated heterocycles. The largest absolute Gasteiger partial charge is 0.302 e. The summed E-state index contributed by atoms with van der Waals surface area (Å²) < 4.78 is 24.1. The van der Waals surface area contributed by atoms with Gasteiger partial charge in [0.15, 0.2) is 15.0 Å². The number of benzene rings is 2. The number of amides is 1. The van der Waals surface area contributed by atoms with Gasteiger partial charge in [-0.15, -0.1) is 11.3 Å². The average molecular weight is 464 g/mol. The van der Waals surface area contributed by atoms with E-state index in [0.29, 0.717) is 26.1 Å². The first kappa shape index (κ1) is 20.0. The van der Waals surface area contributed by atoms with Crippen molar-refractivity contribution >= 4 is 65.4 Å². The zero-order valence-corrected chi connectivity index (χ0v) is 18.3. The minimum absolute atomic E-state index is 0.120. The Morgan fingerprint density at radius 2 is 1.90 bits per heavy atom. The first-order chi connectivity index (χ1) is 13.8. The second-order valence-electron chi connectivity index (χ2n) is 6.30. The van der Waals surface area contributed by atoms with Gasteiger partial charge < -0.3 is 5.32 Å². The van der Waals surface area contributed by atoms with Crippen LogP contribution in [0.3, 0.4) is 0 Å². The van der Waals surface area contributed by atoms with Crippen molar-refractivity contribution in [3.05, 3.63) is 58.6 Å². The van der Waals surface area contributed by atoms with E-state index in [2.05, 4.69) is 15.3 Å². The SMILES string of the molecule is CS(=O)(=O)c1ccc2nc(NC(=O)Cc3csc(-c4ccc(Cl)cc4)n3)sc2c1. The number of hydrogen-bond donors (Lipinski definition) is 1. The third kappa shape index (κ3) is 4.64. The van der Waals surface area contributed by atoms with E-state index in [1.54, 1.807) is 24.3 Å². The molecule has 0 aliphatic rings. The molecule has 2 aromatic heterocycles. The molecule has 4 rings (SSSR count). The van der Waals surface area contributed by atoms with Gasteiger partial charge in [0.2, 0.25) is 5.91 Å². The fourth-order valence-electron chi connectivity index (χ4n) is 2.63.